The molecular weight excluding hydrogens is 292 g/mol. The lowest BCUT2D eigenvalue weighted by atomic mass is 10.2. The number of rotatable bonds is 6. The Morgan fingerprint density at radius 1 is 1.04 bits per heavy atom. The van der Waals surface area contributed by atoms with Crippen molar-refractivity contribution in [2.75, 3.05) is 36.8 Å². The Morgan fingerprint density at radius 2 is 1.70 bits per heavy atom. The fraction of sp³-hybridized carbons (Fsp3) is 0.529. The molecule has 3 N–H and O–H groups in total. The van der Waals surface area contributed by atoms with E-state index in [1.54, 1.807) is 17.0 Å². The molecule has 6 heteroatoms. The molecular formula is C17H24N4O2. The Kier molecular flexibility index (Phi) is 5.12. The van der Waals surface area contributed by atoms with Crippen LogP contribution in [0.4, 0.5) is 16.2 Å². The smallest absolute Gasteiger partial charge is 0.321 e. The summed E-state index contributed by atoms with van der Waals surface area (Å²) in [6.07, 6.45) is 4.64. The maximum absolute atomic E-state index is 12.2. The number of carbonyl (C=O) groups is 2. The van der Waals surface area contributed by atoms with Gasteiger partial charge in [-0.3, -0.25) is 4.79 Å². The maximum Gasteiger partial charge on any atom is 0.321 e. The van der Waals surface area contributed by atoms with Gasteiger partial charge in [0.15, 0.2) is 0 Å². The monoisotopic (exact) mass is 316 g/mol. The molecule has 3 rings (SSSR count). The minimum Gasteiger partial charge on any atom is -0.325 e. The van der Waals surface area contributed by atoms with Crippen molar-refractivity contribution in [1.29, 1.82) is 0 Å². The van der Waals surface area contributed by atoms with Crippen LogP contribution in [0.5, 0.6) is 0 Å². The van der Waals surface area contributed by atoms with Crippen molar-refractivity contribution in [2.24, 2.45) is 5.92 Å². The van der Waals surface area contributed by atoms with Gasteiger partial charge in [0.05, 0.1) is 17.9 Å². The van der Waals surface area contributed by atoms with E-state index in [4.69, 9.17) is 0 Å². The Morgan fingerprint density at radius 3 is 2.35 bits per heavy atom. The highest BCUT2D eigenvalue weighted by molar-refractivity contribution is 5.99. The number of carbonyl (C=O) groups excluding carboxylic acids is 2. The van der Waals surface area contributed by atoms with Crippen molar-refractivity contribution in [3.8, 4) is 0 Å². The van der Waals surface area contributed by atoms with Crippen LogP contribution < -0.4 is 16.0 Å². The van der Waals surface area contributed by atoms with E-state index in [-0.39, 0.29) is 11.9 Å². The second-order valence-electron chi connectivity index (χ2n) is 6.29. The Balaban J connectivity index is 1.53. The Labute approximate surface area is 136 Å². The van der Waals surface area contributed by atoms with E-state index < -0.39 is 0 Å². The van der Waals surface area contributed by atoms with Crippen molar-refractivity contribution in [3.63, 3.8) is 0 Å². The molecule has 1 saturated heterocycles. The molecule has 23 heavy (non-hydrogen) atoms. The lowest BCUT2D eigenvalue weighted by Crippen LogP contribution is -2.33. The Bertz CT molecular complexity index is 565. The first-order chi connectivity index (χ1) is 11.2. The van der Waals surface area contributed by atoms with Gasteiger partial charge in [-0.15, -0.1) is 0 Å². The van der Waals surface area contributed by atoms with Gasteiger partial charge in [-0.25, -0.2) is 4.79 Å². The molecule has 0 spiro atoms. The molecule has 0 atom stereocenters. The highest BCUT2D eigenvalue weighted by atomic mass is 16.2. The third-order valence-corrected chi connectivity index (χ3v) is 4.25. The van der Waals surface area contributed by atoms with Crippen LogP contribution in [0.15, 0.2) is 24.3 Å². The third-order valence-electron chi connectivity index (χ3n) is 4.25. The normalized spacial score (nSPS) is 17.1. The van der Waals surface area contributed by atoms with Gasteiger partial charge in [0, 0.05) is 13.1 Å². The number of urea groups is 1. The molecule has 0 unspecified atom stereocenters. The standard InChI is InChI=1S/C17H24N4O2/c22-16(12-18-11-13-7-8-13)19-14-5-1-2-6-15(14)20-17(23)21-9-3-4-10-21/h1-2,5-6,13,18H,3-4,7-12H2,(H,19,22)(H,20,23). The highest BCUT2D eigenvalue weighted by Gasteiger charge is 2.21. The molecule has 0 bridgehead atoms. The summed E-state index contributed by atoms with van der Waals surface area (Å²) in [6.45, 7) is 2.79. The molecule has 0 radical (unpaired) electrons. The van der Waals surface area contributed by atoms with E-state index in [1.165, 1.54) is 12.8 Å². The Hall–Kier alpha value is -2.08. The largest absolute Gasteiger partial charge is 0.325 e. The van der Waals surface area contributed by atoms with E-state index in [2.05, 4.69) is 16.0 Å². The number of nitrogens with zero attached hydrogens (tertiary/aromatic N) is 1. The molecule has 3 amide bonds. The van der Waals surface area contributed by atoms with Crippen molar-refractivity contribution in [1.82, 2.24) is 10.2 Å². The fourth-order valence-electron chi connectivity index (χ4n) is 2.72. The summed E-state index contributed by atoms with van der Waals surface area (Å²) in [5, 5.41) is 8.92. The van der Waals surface area contributed by atoms with Crippen molar-refractivity contribution >= 4 is 23.3 Å². The summed E-state index contributed by atoms with van der Waals surface area (Å²) in [5.74, 6) is 0.656. The first-order valence-corrected chi connectivity index (χ1v) is 8.38. The predicted molar refractivity (Wildman–Crippen MR) is 90.5 cm³/mol. The van der Waals surface area contributed by atoms with Crippen LogP contribution in [-0.4, -0.2) is 43.0 Å². The van der Waals surface area contributed by atoms with Gasteiger partial charge in [-0.2, -0.15) is 0 Å². The first-order valence-electron chi connectivity index (χ1n) is 8.38. The SMILES string of the molecule is O=C(CNCC1CC1)Nc1ccccc1NC(=O)N1CCCC1. The molecule has 1 aliphatic carbocycles. The van der Waals surface area contributed by atoms with Gasteiger partial charge in [-0.1, -0.05) is 12.1 Å². The summed E-state index contributed by atoms with van der Waals surface area (Å²) < 4.78 is 0. The minimum absolute atomic E-state index is 0.0893. The second kappa shape index (κ2) is 7.46. The molecule has 6 nitrogen and oxygen atoms in total. The van der Waals surface area contributed by atoms with Crippen LogP contribution in [-0.2, 0) is 4.79 Å². The summed E-state index contributed by atoms with van der Waals surface area (Å²) in [4.78, 5) is 26.0. The van der Waals surface area contributed by atoms with Gasteiger partial charge in [0.25, 0.3) is 0 Å². The number of hydrogen-bond donors (Lipinski definition) is 3. The topological polar surface area (TPSA) is 73.5 Å². The summed E-state index contributed by atoms with van der Waals surface area (Å²) in [6, 6.07) is 7.20. The average Bonchev–Trinajstić information content (AvgIpc) is 3.19. The van der Waals surface area contributed by atoms with Gasteiger partial charge in [-0.05, 0) is 50.3 Å². The molecule has 2 aliphatic rings. The van der Waals surface area contributed by atoms with Gasteiger partial charge < -0.3 is 20.9 Å². The molecule has 1 aromatic carbocycles. The van der Waals surface area contributed by atoms with Crippen LogP contribution >= 0.6 is 0 Å². The maximum atomic E-state index is 12.2. The van der Waals surface area contributed by atoms with Gasteiger partial charge in [0.2, 0.25) is 5.91 Å². The molecule has 2 fully saturated rings. The first kappa shape index (κ1) is 15.8. The number of amides is 3. The van der Waals surface area contributed by atoms with E-state index >= 15 is 0 Å². The number of benzene rings is 1. The number of nitrogens with one attached hydrogen (secondary N) is 3. The van der Waals surface area contributed by atoms with Crippen LogP contribution in [0.3, 0.4) is 0 Å². The zero-order valence-electron chi connectivity index (χ0n) is 13.3. The van der Waals surface area contributed by atoms with Crippen LogP contribution in [0.1, 0.15) is 25.7 Å². The van der Waals surface area contributed by atoms with E-state index in [0.29, 0.717) is 17.9 Å². The zero-order chi connectivity index (χ0) is 16.1. The lowest BCUT2D eigenvalue weighted by Gasteiger charge is -2.18. The summed E-state index contributed by atoms with van der Waals surface area (Å²) >= 11 is 0. The van der Waals surface area contributed by atoms with E-state index in [9.17, 15) is 9.59 Å². The zero-order valence-corrected chi connectivity index (χ0v) is 13.3. The van der Waals surface area contributed by atoms with Crippen molar-refractivity contribution in [2.45, 2.75) is 25.7 Å². The van der Waals surface area contributed by atoms with Crippen LogP contribution in [0.25, 0.3) is 0 Å². The average molecular weight is 316 g/mol. The van der Waals surface area contributed by atoms with Crippen LogP contribution in [0, 0.1) is 5.92 Å². The molecule has 1 aromatic rings. The minimum atomic E-state index is -0.101. The highest BCUT2D eigenvalue weighted by Crippen LogP contribution is 2.27. The van der Waals surface area contributed by atoms with Gasteiger partial charge >= 0.3 is 6.03 Å². The summed E-state index contributed by atoms with van der Waals surface area (Å²) in [7, 11) is 0. The predicted octanol–water partition coefficient (Wildman–Crippen LogP) is 2.25. The molecule has 1 heterocycles. The molecule has 1 saturated carbocycles. The fourth-order valence-corrected chi connectivity index (χ4v) is 2.72. The van der Waals surface area contributed by atoms with Crippen molar-refractivity contribution in [3.05, 3.63) is 24.3 Å². The number of likely N-dealkylation sites (tertiary alicyclic amines) is 1. The molecule has 124 valence electrons. The second-order valence-corrected chi connectivity index (χ2v) is 6.29. The third kappa shape index (κ3) is 4.69. The van der Waals surface area contributed by atoms with Crippen LogP contribution in [0.2, 0.25) is 0 Å². The molecule has 0 aromatic heterocycles. The molecule has 1 aliphatic heterocycles. The lowest BCUT2D eigenvalue weighted by molar-refractivity contribution is -0.115. The number of para-hydroxylation sites is 2. The number of hydrogen-bond acceptors (Lipinski definition) is 3. The van der Waals surface area contributed by atoms with E-state index in [0.717, 1.165) is 38.4 Å². The summed E-state index contributed by atoms with van der Waals surface area (Å²) in [5.41, 5.74) is 1.28. The van der Waals surface area contributed by atoms with E-state index in [1.807, 2.05) is 12.1 Å². The van der Waals surface area contributed by atoms with Gasteiger partial charge in [0.1, 0.15) is 0 Å². The van der Waals surface area contributed by atoms with Crippen molar-refractivity contribution < 1.29 is 9.59 Å². The quantitative estimate of drug-likeness (QED) is 0.753. The number of anilines is 2.